The van der Waals surface area contributed by atoms with Crippen LogP contribution in [0.5, 0.6) is 0 Å². The Hall–Kier alpha value is -3.42. The van der Waals surface area contributed by atoms with Gasteiger partial charge in [-0.2, -0.15) is 0 Å². The Kier molecular flexibility index (Phi) is 8.00. The van der Waals surface area contributed by atoms with Gasteiger partial charge in [0, 0.05) is 38.4 Å². The van der Waals surface area contributed by atoms with Gasteiger partial charge in [-0.25, -0.2) is 13.2 Å². The Morgan fingerprint density at radius 3 is 1.94 bits per heavy atom. The zero-order valence-electron chi connectivity index (χ0n) is 19.4. The van der Waals surface area contributed by atoms with Crippen LogP contribution in [0.15, 0.2) is 85.5 Å². The van der Waals surface area contributed by atoms with Gasteiger partial charge in [0.1, 0.15) is 17.5 Å². The smallest absolute Gasteiger partial charge is 0.241 e. The van der Waals surface area contributed by atoms with Gasteiger partial charge in [-0.15, -0.1) is 6.58 Å². The summed E-state index contributed by atoms with van der Waals surface area (Å²) in [6, 6.07) is 18.6. The second kappa shape index (κ2) is 11.3. The van der Waals surface area contributed by atoms with Crippen LogP contribution in [0.1, 0.15) is 17.2 Å². The largest absolute Gasteiger partial charge is 0.307 e. The summed E-state index contributed by atoms with van der Waals surface area (Å²) < 4.78 is 40.8. The maximum Gasteiger partial charge on any atom is 0.241 e. The standard InChI is InChI=1S/C28H28F3N3O/c1-2-14-34(26-5-3-4-25(31)19-26)27(35)20-32-15-17-33(18-16-32)28(21-6-10-23(29)11-7-21)22-8-12-24(30)13-9-22/h2-13,19,28H,1,14-18,20H2. The molecule has 0 spiro atoms. The summed E-state index contributed by atoms with van der Waals surface area (Å²) in [4.78, 5) is 18.9. The first kappa shape index (κ1) is 24.7. The highest BCUT2D eigenvalue weighted by atomic mass is 19.1. The molecule has 0 aromatic heterocycles. The van der Waals surface area contributed by atoms with Crippen LogP contribution in [0.3, 0.4) is 0 Å². The van der Waals surface area contributed by atoms with Crippen LogP contribution < -0.4 is 4.90 Å². The molecule has 0 radical (unpaired) electrons. The van der Waals surface area contributed by atoms with Crippen LogP contribution in [0, 0.1) is 17.5 Å². The van der Waals surface area contributed by atoms with Gasteiger partial charge in [0.05, 0.1) is 12.6 Å². The highest BCUT2D eigenvalue weighted by Crippen LogP contribution is 2.30. The minimum Gasteiger partial charge on any atom is -0.307 e. The predicted octanol–water partition coefficient (Wildman–Crippen LogP) is 5.03. The molecule has 35 heavy (non-hydrogen) atoms. The van der Waals surface area contributed by atoms with Crippen LogP contribution in [0.25, 0.3) is 0 Å². The van der Waals surface area contributed by atoms with Crippen LogP contribution in [-0.2, 0) is 4.79 Å². The number of hydrogen-bond donors (Lipinski definition) is 0. The molecule has 1 aliphatic heterocycles. The molecule has 3 aromatic rings. The lowest BCUT2D eigenvalue weighted by atomic mass is 9.96. The SMILES string of the molecule is C=CCN(C(=O)CN1CCN(C(c2ccc(F)cc2)c2ccc(F)cc2)CC1)c1cccc(F)c1. The van der Waals surface area contributed by atoms with E-state index in [4.69, 9.17) is 0 Å². The van der Waals surface area contributed by atoms with Gasteiger partial charge in [0.25, 0.3) is 0 Å². The lowest BCUT2D eigenvalue weighted by molar-refractivity contribution is -0.120. The molecule has 3 aromatic carbocycles. The van der Waals surface area contributed by atoms with Crippen molar-refractivity contribution in [3.63, 3.8) is 0 Å². The number of carbonyl (C=O) groups excluding carboxylic acids is 1. The number of carbonyl (C=O) groups is 1. The molecule has 4 rings (SSSR count). The minimum atomic E-state index is -0.398. The first-order valence-electron chi connectivity index (χ1n) is 11.6. The van der Waals surface area contributed by atoms with Gasteiger partial charge in [-0.3, -0.25) is 14.6 Å². The Morgan fingerprint density at radius 1 is 0.857 bits per heavy atom. The summed E-state index contributed by atoms with van der Waals surface area (Å²) in [7, 11) is 0. The number of halogens is 3. The first-order valence-corrected chi connectivity index (χ1v) is 11.6. The molecule has 1 aliphatic rings. The van der Waals surface area contributed by atoms with Crippen molar-refractivity contribution in [3.8, 4) is 0 Å². The van der Waals surface area contributed by atoms with Crippen LogP contribution >= 0.6 is 0 Å². The zero-order valence-corrected chi connectivity index (χ0v) is 19.4. The second-order valence-electron chi connectivity index (χ2n) is 8.59. The van der Waals surface area contributed by atoms with Crippen molar-refractivity contribution in [1.82, 2.24) is 9.80 Å². The third-order valence-electron chi connectivity index (χ3n) is 6.23. The number of benzene rings is 3. The topological polar surface area (TPSA) is 26.8 Å². The Balaban J connectivity index is 1.45. The number of nitrogens with zero attached hydrogens (tertiary/aromatic N) is 3. The lowest BCUT2D eigenvalue weighted by Crippen LogP contribution is -2.51. The summed E-state index contributed by atoms with van der Waals surface area (Å²) in [6.45, 7) is 6.86. The molecule has 0 aliphatic carbocycles. The monoisotopic (exact) mass is 479 g/mol. The maximum atomic E-state index is 13.7. The lowest BCUT2D eigenvalue weighted by Gasteiger charge is -2.40. The summed E-state index contributed by atoms with van der Waals surface area (Å²) in [6.07, 6.45) is 1.62. The fourth-order valence-corrected chi connectivity index (χ4v) is 4.48. The van der Waals surface area contributed by atoms with Crippen molar-refractivity contribution < 1.29 is 18.0 Å². The van der Waals surface area contributed by atoms with Crippen molar-refractivity contribution in [3.05, 3.63) is 114 Å². The van der Waals surface area contributed by atoms with E-state index < -0.39 is 5.82 Å². The van der Waals surface area contributed by atoms with Crippen molar-refractivity contribution in [2.24, 2.45) is 0 Å². The van der Waals surface area contributed by atoms with Gasteiger partial charge >= 0.3 is 0 Å². The fourth-order valence-electron chi connectivity index (χ4n) is 4.48. The molecule has 1 saturated heterocycles. The molecule has 1 amide bonds. The second-order valence-corrected chi connectivity index (χ2v) is 8.59. The quantitative estimate of drug-likeness (QED) is 0.424. The van der Waals surface area contributed by atoms with E-state index in [0.717, 1.165) is 11.1 Å². The average Bonchev–Trinajstić information content (AvgIpc) is 2.86. The molecule has 0 atom stereocenters. The molecule has 0 N–H and O–H groups in total. The van der Waals surface area contributed by atoms with Crippen molar-refractivity contribution in [2.45, 2.75) is 6.04 Å². The predicted molar refractivity (Wildman–Crippen MR) is 132 cm³/mol. The van der Waals surface area contributed by atoms with E-state index in [1.807, 2.05) is 0 Å². The van der Waals surface area contributed by atoms with Gasteiger partial charge in [0.15, 0.2) is 0 Å². The van der Waals surface area contributed by atoms with Gasteiger partial charge in [-0.05, 0) is 53.6 Å². The summed E-state index contributed by atoms with van der Waals surface area (Å²) in [5.74, 6) is -1.14. The van der Waals surface area contributed by atoms with E-state index >= 15 is 0 Å². The molecule has 1 heterocycles. The van der Waals surface area contributed by atoms with Crippen molar-refractivity contribution in [1.29, 1.82) is 0 Å². The molecule has 1 fully saturated rings. The summed E-state index contributed by atoms with van der Waals surface area (Å²) in [5.41, 5.74) is 2.35. The number of hydrogen-bond acceptors (Lipinski definition) is 3. The van der Waals surface area contributed by atoms with Crippen LogP contribution in [-0.4, -0.2) is 55.0 Å². The Labute approximate surface area is 203 Å². The summed E-state index contributed by atoms with van der Waals surface area (Å²) in [5, 5.41) is 0. The van der Waals surface area contributed by atoms with E-state index in [-0.39, 0.29) is 30.1 Å². The van der Waals surface area contributed by atoms with Gasteiger partial charge < -0.3 is 4.90 Å². The third kappa shape index (κ3) is 6.18. The third-order valence-corrected chi connectivity index (χ3v) is 6.23. The van der Waals surface area contributed by atoms with Gasteiger partial charge in [0.2, 0.25) is 5.91 Å². The average molecular weight is 480 g/mol. The molecule has 4 nitrogen and oxygen atoms in total. The molecule has 182 valence electrons. The Morgan fingerprint density at radius 2 is 1.43 bits per heavy atom. The number of anilines is 1. The van der Waals surface area contributed by atoms with E-state index in [1.54, 1.807) is 42.5 Å². The first-order chi connectivity index (χ1) is 16.9. The van der Waals surface area contributed by atoms with E-state index in [1.165, 1.54) is 41.3 Å². The van der Waals surface area contributed by atoms with Crippen LogP contribution in [0.2, 0.25) is 0 Å². The Bertz CT molecular complexity index is 1100. The van der Waals surface area contributed by atoms with Crippen molar-refractivity contribution >= 4 is 11.6 Å². The molecule has 0 unspecified atom stereocenters. The molecular formula is C28H28F3N3O. The number of amides is 1. The zero-order chi connectivity index (χ0) is 24.8. The molecule has 0 saturated carbocycles. The van der Waals surface area contributed by atoms with Crippen LogP contribution in [0.4, 0.5) is 18.9 Å². The fraction of sp³-hybridized carbons (Fsp3) is 0.250. The number of rotatable bonds is 8. The van der Waals surface area contributed by atoms with E-state index in [0.29, 0.717) is 38.4 Å². The number of piperazine rings is 1. The highest BCUT2D eigenvalue weighted by Gasteiger charge is 2.28. The van der Waals surface area contributed by atoms with Crippen molar-refractivity contribution in [2.75, 3.05) is 44.2 Å². The maximum absolute atomic E-state index is 13.7. The molecule has 7 heteroatoms. The van der Waals surface area contributed by atoms with Gasteiger partial charge in [-0.1, -0.05) is 36.4 Å². The van der Waals surface area contributed by atoms with E-state index in [9.17, 15) is 18.0 Å². The summed E-state index contributed by atoms with van der Waals surface area (Å²) >= 11 is 0. The molecular weight excluding hydrogens is 451 g/mol. The highest BCUT2D eigenvalue weighted by molar-refractivity contribution is 5.95. The van der Waals surface area contributed by atoms with E-state index in [2.05, 4.69) is 16.4 Å². The minimum absolute atomic E-state index is 0.127. The normalized spacial score (nSPS) is 14.7. The molecule has 0 bridgehead atoms.